The zero-order valence-electron chi connectivity index (χ0n) is 14.3. The zero-order chi connectivity index (χ0) is 21.6. The molecule has 0 spiro atoms. The summed E-state index contributed by atoms with van der Waals surface area (Å²) < 4.78 is 34.0. The fourth-order valence-electron chi connectivity index (χ4n) is 3.27. The Morgan fingerprint density at radius 1 is 0.759 bits per heavy atom. The van der Waals surface area contributed by atoms with Crippen LogP contribution < -0.4 is 0 Å². The fourth-order valence-corrected chi connectivity index (χ4v) is 6.04. The lowest BCUT2D eigenvalue weighted by Gasteiger charge is -2.34. The summed E-state index contributed by atoms with van der Waals surface area (Å²) >= 11 is 24.8. The van der Waals surface area contributed by atoms with Crippen LogP contribution in [0.5, 0.6) is 11.5 Å². The highest BCUT2D eigenvalue weighted by Crippen LogP contribution is 2.53. The molecule has 1 unspecified atom stereocenters. The number of rotatable bonds is 4. The first-order valence-electron chi connectivity index (χ1n) is 7.89. The average molecular weight is 494 g/mol. The van der Waals surface area contributed by atoms with Crippen molar-refractivity contribution in [2.75, 3.05) is 0 Å². The topological polar surface area (TPSA) is 94.8 Å². The Balaban J connectivity index is 2.66. The van der Waals surface area contributed by atoms with Crippen LogP contribution in [0.3, 0.4) is 0 Å². The van der Waals surface area contributed by atoms with Gasteiger partial charge in [0.05, 0.1) is 5.02 Å². The van der Waals surface area contributed by atoms with Crippen molar-refractivity contribution in [3.05, 3.63) is 91.4 Å². The van der Waals surface area contributed by atoms with Gasteiger partial charge in [-0.1, -0.05) is 70.7 Å². The van der Waals surface area contributed by atoms with E-state index < -0.39 is 26.2 Å². The van der Waals surface area contributed by atoms with Crippen molar-refractivity contribution in [2.24, 2.45) is 0 Å². The quantitative estimate of drug-likeness (QED) is 0.311. The lowest BCUT2D eigenvalue weighted by molar-refractivity contribution is 0.440. The highest BCUT2D eigenvalue weighted by Gasteiger charge is 2.53. The van der Waals surface area contributed by atoms with Crippen LogP contribution in [0.4, 0.5) is 0 Å². The van der Waals surface area contributed by atoms with Gasteiger partial charge in [-0.25, -0.2) is 0 Å². The molecule has 0 saturated carbocycles. The number of hydrogen-bond acceptors (Lipinski definition) is 4. The maximum absolute atomic E-state index is 13.0. The molecule has 0 amide bonds. The van der Waals surface area contributed by atoms with Gasteiger partial charge in [0.2, 0.25) is 0 Å². The molecule has 10 heteroatoms. The highest BCUT2D eigenvalue weighted by atomic mass is 35.5. The van der Waals surface area contributed by atoms with Crippen LogP contribution in [0, 0.1) is 0 Å². The molecule has 3 rings (SSSR count). The number of halogens is 4. The van der Waals surface area contributed by atoms with Crippen LogP contribution in [-0.4, -0.2) is 23.2 Å². The maximum Gasteiger partial charge on any atom is 0.283 e. The Labute approximate surface area is 186 Å². The van der Waals surface area contributed by atoms with E-state index in [9.17, 15) is 23.2 Å². The van der Waals surface area contributed by atoms with Crippen LogP contribution in [0.15, 0.2) is 54.6 Å². The van der Waals surface area contributed by atoms with E-state index in [4.69, 9.17) is 46.4 Å². The standard InChI is InChI=1S/C19H12Cl4O5S/c20-10-7-16(23)18(17(25)8-10)19(29(26,27)28,12-3-1-2-4-14(12)21)13-6-5-11(24)9-15(13)22/h1-9,24-25H,(H,26,27,28). The lowest BCUT2D eigenvalue weighted by Crippen LogP contribution is -2.39. The summed E-state index contributed by atoms with van der Waals surface area (Å²) in [4.78, 5) is 0. The summed E-state index contributed by atoms with van der Waals surface area (Å²) in [5.74, 6) is -0.849. The van der Waals surface area contributed by atoms with Gasteiger partial charge in [0.25, 0.3) is 10.1 Å². The average Bonchev–Trinajstić information content (AvgIpc) is 2.58. The van der Waals surface area contributed by atoms with Crippen molar-refractivity contribution in [3.63, 3.8) is 0 Å². The molecule has 0 aliphatic carbocycles. The van der Waals surface area contributed by atoms with Crippen molar-refractivity contribution in [3.8, 4) is 11.5 Å². The second-order valence-corrected chi connectivity index (χ2v) is 9.30. The number of phenolic OH excluding ortho intramolecular Hbond substituents is 2. The third-order valence-electron chi connectivity index (χ3n) is 4.36. The van der Waals surface area contributed by atoms with E-state index in [-0.39, 0.29) is 37.0 Å². The van der Waals surface area contributed by atoms with Gasteiger partial charge in [-0.15, -0.1) is 0 Å². The molecule has 0 saturated heterocycles. The van der Waals surface area contributed by atoms with E-state index in [1.165, 1.54) is 36.4 Å². The van der Waals surface area contributed by atoms with E-state index in [0.717, 1.165) is 12.1 Å². The van der Waals surface area contributed by atoms with Crippen molar-refractivity contribution < 1.29 is 23.2 Å². The Kier molecular flexibility index (Phi) is 5.98. The summed E-state index contributed by atoms with van der Waals surface area (Å²) in [6.45, 7) is 0. The van der Waals surface area contributed by atoms with Gasteiger partial charge in [0, 0.05) is 31.8 Å². The number of aromatic hydroxyl groups is 2. The molecule has 1 atom stereocenters. The Morgan fingerprint density at radius 2 is 1.38 bits per heavy atom. The van der Waals surface area contributed by atoms with E-state index in [0.29, 0.717) is 0 Å². The van der Waals surface area contributed by atoms with Crippen LogP contribution in [-0.2, 0) is 14.9 Å². The molecule has 3 aromatic rings. The van der Waals surface area contributed by atoms with E-state index in [1.54, 1.807) is 6.07 Å². The normalized spacial score (nSPS) is 13.8. The molecule has 0 aliphatic heterocycles. The second-order valence-electron chi connectivity index (χ2n) is 6.08. The van der Waals surface area contributed by atoms with E-state index >= 15 is 0 Å². The zero-order valence-corrected chi connectivity index (χ0v) is 18.1. The van der Waals surface area contributed by atoms with Gasteiger partial charge >= 0.3 is 0 Å². The number of hydrogen-bond donors (Lipinski definition) is 3. The predicted molar refractivity (Wildman–Crippen MR) is 114 cm³/mol. The smallest absolute Gasteiger partial charge is 0.283 e. The molecule has 5 nitrogen and oxygen atoms in total. The molecule has 0 aliphatic rings. The largest absolute Gasteiger partial charge is 0.508 e. The van der Waals surface area contributed by atoms with Crippen LogP contribution in [0.25, 0.3) is 0 Å². The van der Waals surface area contributed by atoms with Gasteiger partial charge < -0.3 is 10.2 Å². The third kappa shape index (κ3) is 3.65. The fraction of sp³-hybridized carbons (Fsp3) is 0.0526. The lowest BCUT2D eigenvalue weighted by atomic mass is 9.83. The SMILES string of the molecule is O=S(=O)(O)C(c1ccccc1Cl)(c1ccc(O)cc1Cl)c1c(O)cc(Cl)cc1Cl. The van der Waals surface area contributed by atoms with Gasteiger partial charge in [-0.3, -0.25) is 4.55 Å². The number of phenols is 2. The predicted octanol–water partition coefficient (Wildman–Crippen LogP) is 5.89. The Hall–Kier alpha value is -1.67. The minimum atomic E-state index is -5.14. The molecule has 0 aromatic heterocycles. The minimum Gasteiger partial charge on any atom is -0.508 e. The molecule has 29 heavy (non-hydrogen) atoms. The maximum atomic E-state index is 13.0. The molecular formula is C19H12Cl4O5S. The summed E-state index contributed by atoms with van der Waals surface area (Å²) in [5, 5.41) is 19.9. The van der Waals surface area contributed by atoms with E-state index in [1.807, 2.05) is 0 Å². The van der Waals surface area contributed by atoms with Crippen molar-refractivity contribution in [1.29, 1.82) is 0 Å². The van der Waals surface area contributed by atoms with Crippen LogP contribution in [0.1, 0.15) is 16.7 Å². The first kappa shape index (κ1) is 22.0. The molecule has 0 bridgehead atoms. The summed E-state index contributed by atoms with van der Waals surface area (Å²) in [7, 11) is -5.14. The van der Waals surface area contributed by atoms with Gasteiger partial charge in [-0.2, -0.15) is 8.42 Å². The molecule has 0 heterocycles. The van der Waals surface area contributed by atoms with Crippen LogP contribution in [0.2, 0.25) is 20.1 Å². The summed E-state index contributed by atoms with van der Waals surface area (Å²) in [5.41, 5.74) is -0.699. The third-order valence-corrected chi connectivity index (χ3v) is 6.93. The Morgan fingerprint density at radius 3 is 1.93 bits per heavy atom. The molecule has 0 radical (unpaired) electrons. The molecule has 3 N–H and O–H groups in total. The van der Waals surface area contributed by atoms with E-state index in [2.05, 4.69) is 0 Å². The molecule has 152 valence electrons. The van der Waals surface area contributed by atoms with Crippen molar-refractivity contribution >= 4 is 56.5 Å². The summed E-state index contributed by atoms with van der Waals surface area (Å²) in [6, 6.07) is 11.6. The summed E-state index contributed by atoms with van der Waals surface area (Å²) in [6.07, 6.45) is 0. The van der Waals surface area contributed by atoms with Crippen LogP contribution >= 0.6 is 46.4 Å². The van der Waals surface area contributed by atoms with Crippen molar-refractivity contribution in [2.45, 2.75) is 4.75 Å². The minimum absolute atomic E-state index is 0.0384. The first-order valence-corrected chi connectivity index (χ1v) is 10.8. The van der Waals surface area contributed by atoms with Gasteiger partial charge in [-0.05, 0) is 30.3 Å². The van der Waals surface area contributed by atoms with Crippen molar-refractivity contribution in [1.82, 2.24) is 0 Å². The monoisotopic (exact) mass is 492 g/mol. The number of benzene rings is 3. The highest BCUT2D eigenvalue weighted by molar-refractivity contribution is 7.87. The molecule has 3 aromatic carbocycles. The molecular weight excluding hydrogens is 482 g/mol. The van der Waals surface area contributed by atoms with Gasteiger partial charge in [0.1, 0.15) is 11.5 Å². The van der Waals surface area contributed by atoms with Gasteiger partial charge in [0.15, 0.2) is 4.75 Å². The first-order chi connectivity index (χ1) is 13.5. The Bertz CT molecular complexity index is 1190. The molecule has 0 fully saturated rings. The second kappa shape index (κ2) is 7.87.